The lowest BCUT2D eigenvalue weighted by molar-refractivity contribution is 0.102. The number of hydrogen-bond acceptors (Lipinski definition) is 5. The first-order valence-corrected chi connectivity index (χ1v) is 8.99. The number of rotatable bonds is 5. The quantitative estimate of drug-likeness (QED) is 0.741. The number of carbonyl (C=O) groups is 1. The lowest BCUT2D eigenvalue weighted by atomic mass is 10.3. The highest BCUT2D eigenvalue weighted by Crippen LogP contribution is 2.23. The molecule has 6 nitrogen and oxygen atoms in total. The molecule has 0 radical (unpaired) electrons. The molecule has 1 aliphatic heterocycles. The molecule has 0 unspecified atom stereocenters. The summed E-state index contributed by atoms with van der Waals surface area (Å²) in [6.07, 6.45) is 5.54. The summed E-state index contributed by atoms with van der Waals surface area (Å²) in [5.74, 6) is 2.01. The van der Waals surface area contributed by atoms with Gasteiger partial charge < -0.3 is 15.0 Å². The van der Waals surface area contributed by atoms with Gasteiger partial charge in [-0.25, -0.2) is 9.97 Å². The Bertz CT molecular complexity index is 890. The van der Waals surface area contributed by atoms with Crippen LogP contribution in [0.2, 0.25) is 0 Å². The molecule has 4 rings (SSSR count). The highest BCUT2D eigenvalue weighted by atomic mass is 16.5. The average molecular weight is 360 g/mol. The zero-order valence-electron chi connectivity index (χ0n) is 14.8. The number of aromatic nitrogens is 2. The number of ether oxygens (including phenoxy) is 1. The van der Waals surface area contributed by atoms with E-state index < -0.39 is 0 Å². The Hall–Kier alpha value is -3.41. The number of anilines is 2. The number of nitrogens with one attached hydrogen (secondary N) is 1. The predicted octanol–water partition coefficient (Wildman–Crippen LogP) is 4.12. The summed E-state index contributed by atoms with van der Waals surface area (Å²) < 4.78 is 5.75. The minimum absolute atomic E-state index is 0.285. The maximum Gasteiger partial charge on any atom is 0.275 e. The highest BCUT2D eigenvalue weighted by molar-refractivity contribution is 6.02. The lowest BCUT2D eigenvalue weighted by Gasteiger charge is -2.15. The highest BCUT2D eigenvalue weighted by Gasteiger charge is 2.15. The Morgan fingerprint density at radius 1 is 0.889 bits per heavy atom. The summed E-state index contributed by atoms with van der Waals surface area (Å²) >= 11 is 0. The van der Waals surface area contributed by atoms with Gasteiger partial charge in [0.25, 0.3) is 5.91 Å². The first-order valence-electron chi connectivity index (χ1n) is 8.99. The molecule has 1 saturated heterocycles. The molecule has 1 aliphatic rings. The van der Waals surface area contributed by atoms with Crippen LogP contribution in [0.3, 0.4) is 0 Å². The normalized spacial score (nSPS) is 13.4. The molecule has 0 aliphatic carbocycles. The maximum atomic E-state index is 12.4. The molecule has 136 valence electrons. The van der Waals surface area contributed by atoms with E-state index in [1.807, 2.05) is 42.5 Å². The number of nitrogens with zero attached hydrogens (tertiary/aromatic N) is 3. The van der Waals surface area contributed by atoms with E-state index >= 15 is 0 Å². The summed E-state index contributed by atoms with van der Waals surface area (Å²) in [5.41, 5.74) is 0.966. The van der Waals surface area contributed by atoms with E-state index in [0.717, 1.165) is 24.7 Å². The van der Waals surface area contributed by atoms with Gasteiger partial charge in [-0.2, -0.15) is 0 Å². The van der Waals surface area contributed by atoms with Crippen LogP contribution in [0.25, 0.3) is 0 Å². The van der Waals surface area contributed by atoms with Crippen LogP contribution in [0.4, 0.5) is 11.5 Å². The lowest BCUT2D eigenvalue weighted by Crippen LogP contribution is -2.20. The largest absolute Gasteiger partial charge is 0.457 e. The fraction of sp³-hybridized carbons (Fsp3) is 0.190. The van der Waals surface area contributed by atoms with Crippen LogP contribution < -0.4 is 15.0 Å². The van der Waals surface area contributed by atoms with E-state index in [2.05, 4.69) is 20.2 Å². The second-order valence-corrected chi connectivity index (χ2v) is 6.35. The van der Waals surface area contributed by atoms with Gasteiger partial charge in [0.05, 0.1) is 12.4 Å². The van der Waals surface area contributed by atoms with Crippen molar-refractivity contribution in [1.29, 1.82) is 0 Å². The van der Waals surface area contributed by atoms with E-state index in [1.165, 1.54) is 19.0 Å². The van der Waals surface area contributed by atoms with Crippen molar-refractivity contribution in [1.82, 2.24) is 9.97 Å². The van der Waals surface area contributed by atoms with Crippen molar-refractivity contribution >= 4 is 17.4 Å². The molecule has 1 N–H and O–H groups in total. The molecule has 6 heteroatoms. The molecule has 1 fully saturated rings. The molecule has 0 spiro atoms. The predicted molar refractivity (Wildman–Crippen MR) is 104 cm³/mol. The fourth-order valence-corrected chi connectivity index (χ4v) is 2.97. The zero-order chi connectivity index (χ0) is 18.5. The molecule has 0 saturated carbocycles. The Labute approximate surface area is 157 Å². The summed E-state index contributed by atoms with van der Waals surface area (Å²) in [6, 6.07) is 16.8. The van der Waals surface area contributed by atoms with E-state index in [-0.39, 0.29) is 5.91 Å². The first kappa shape index (κ1) is 17.0. The Kier molecular flexibility index (Phi) is 4.96. The van der Waals surface area contributed by atoms with E-state index in [0.29, 0.717) is 17.1 Å². The van der Waals surface area contributed by atoms with Gasteiger partial charge in [-0.1, -0.05) is 18.2 Å². The third-order valence-corrected chi connectivity index (χ3v) is 4.39. The number of benzene rings is 2. The van der Waals surface area contributed by atoms with Crippen LogP contribution >= 0.6 is 0 Å². The molecule has 2 aromatic carbocycles. The summed E-state index contributed by atoms with van der Waals surface area (Å²) in [5, 5.41) is 2.83. The summed E-state index contributed by atoms with van der Waals surface area (Å²) in [6.45, 7) is 2.00. The van der Waals surface area contributed by atoms with Gasteiger partial charge in [0.1, 0.15) is 23.0 Å². The van der Waals surface area contributed by atoms with Gasteiger partial charge in [0.2, 0.25) is 0 Å². The van der Waals surface area contributed by atoms with Crippen LogP contribution in [0.1, 0.15) is 23.3 Å². The standard InChI is InChI=1S/C21H20N4O2/c26-21(19-14-23-20(15-22-19)25-12-4-5-13-25)24-16-8-10-18(11-9-16)27-17-6-2-1-3-7-17/h1-3,6-11,14-15H,4-5,12-13H2,(H,24,26). The summed E-state index contributed by atoms with van der Waals surface area (Å²) in [4.78, 5) is 23.2. The molecular formula is C21H20N4O2. The van der Waals surface area contributed by atoms with Crippen molar-refractivity contribution < 1.29 is 9.53 Å². The molecule has 1 aromatic heterocycles. The average Bonchev–Trinajstić information content (AvgIpc) is 3.25. The molecular weight excluding hydrogens is 340 g/mol. The number of para-hydroxylation sites is 1. The first-order chi connectivity index (χ1) is 13.3. The topological polar surface area (TPSA) is 67.3 Å². The monoisotopic (exact) mass is 360 g/mol. The van der Waals surface area contributed by atoms with Gasteiger partial charge in [-0.3, -0.25) is 4.79 Å². The number of carbonyl (C=O) groups excluding carboxylic acids is 1. The van der Waals surface area contributed by atoms with Gasteiger partial charge in [-0.15, -0.1) is 0 Å². The van der Waals surface area contributed by atoms with Crippen LogP contribution in [-0.2, 0) is 0 Å². The van der Waals surface area contributed by atoms with Crippen LogP contribution in [-0.4, -0.2) is 29.0 Å². The van der Waals surface area contributed by atoms with Gasteiger partial charge in [0, 0.05) is 18.8 Å². The number of hydrogen-bond donors (Lipinski definition) is 1. The van der Waals surface area contributed by atoms with Crippen LogP contribution in [0.15, 0.2) is 67.0 Å². The van der Waals surface area contributed by atoms with Crippen molar-refractivity contribution in [3.63, 3.8) is 0 Å². The fourth-order valence-electron chi connectivity index (χ4n) is 2.97. The number of amides is 1. The third kappa shape index (κ3) is 4.23. The van der Waals surface area contributed by atoms with Gasteiger partial charge >= 0.3 is 0 Å². The van der Waals surface area contributed by atoms with Crippen molar-refractivity contribution in [2.75, 3.05) is 23.3 Å². The second-order valence-electron chi connectivity index (χ2n) is 6.35. The van der Waals surface area contributed by atoms with Crippen LogP contribution in [0.5, 0.6) is 11.5 Å². The SMILES string of the molecule is O=C(Nc1ccc(Oc2ccccc2)cc1)c1cnc(N2CCCC2)cn1. The minimum atomic E-state index is -0.285. The Morgan fingerprint density at radius 3 is 2.26 bits per heavy atom. The molecule has 2 heterocycles. The van der Waals surface area contributed by atoms with Crippen molar-refractivity contribution in [2.24, 2.45) is 0 Å². The van der Waals surface area contributed by atoms with E-state index in [4.69, 9.17) is 4.74 Å². The van der Waals surface area contributed by atoms with Gasteiger partial charge in [-0.05, 0) is 49.2 Å². The van der Waals surface area contributed by atoms with Crippen molar-refractivity contribution in [3.8, 4) is 11.5 Å². The molecule has 0 atom stereocenters. The molecule has 0 bridgehead atoms. The third-order valence-electron chi connectivity index (χ3n) is 4.39. The van der Waals surface area contributed by atoms with Crippen molar-refractivity contribution in [2.45, 2.75) is 12.8 Å². The van der Waals surface area contributed by atoms with Gasteiger partial charge in [0.15, 0.2) is 0 Å². The maximum absolute atomic E-state index is 12.4. The summed E-state index contributed by atoms with van der Waals surface area (Å²) in [7, 11) is 0. The Balaban J connectivity index is 1.37. The second kappa shape index (κ2) is 7.86. The molecule has 1 amide bonds. The Morgan fingerprint density at radius 2 is 1.59 bits per heavy atom. The van der Waals surface area contributed by atoms with Crippen molar-refractivity contribution in [3.05, 3.63) is 72.7 Å². The minimum Gasteiger partial charge on any atom is -0.457 e. The zero-order valence-corrected chi connectivity index (χ0v) is 14.8. The van der Waals surface area contributed by atoms with E-state index in [9.17, 15) is 4.79 Å². The smallest absolute Gasteiger partial charge is 0.275 e. The molecule has 3 aromatic rings. The van der Waals surface area contributed by atoms with E-state index in [1.54, 1.807) is 18.3 Å². The molecule has 27 heavy (non-hydrogen) atoms. The van der Waals surface area contributed by atoms with Crippen LogP contribution in [0, 0.1) is 0 Å².